The van der Waals surface area contributed by atoms with E-state index >= 15 is 0 Å². The van der Waals surface area contributed by atoms with E-state index in [2.05, 4.69) is 33.1 Å². The summed E-state index contributed by atoms with van der Waals surface area (Å²) in [4.78, 5) is 0. The average molecular weight is 287 g/mol. The van der Waals surface area contributed by atoms with Crippen LogP contribution in [-0.4, -0.2) is 0 Å². The van der Waals surface area contributed by atoms with Crippen molar-refractivity contribution in [1.82, 2.24) is 5.43 Å². The number of hydrogen-bond acceptors (Lipinski definition) is 2. The van der Waals surface area contributed by atoms with Crippen LogP contribution in [0.25, 0.3) is 0 Å². The highest BCUT2D eigenvalue weighted by atomic mass is 35.5. The Bertz CT molecular complexity index is 455. The average Bonchev–Trinajstić information content (AvgIpc) is 2.68. The minimum absolute atomic E-state index is 0.0289. The first-order chi connectivity index (χ1) is 8.25. The van der Waals surface area contributed by atoms with Crippen LogP contribution in [0.1, 0.15) is 39.3 Å². The second-order valence-electron chi connectivity index (χ2n) is 6.21. The van der Waals surface area contributed by atoms with Crippen LogP contribution >= 0.6 is 23.2 Å². The molecule has 0 aromatic heterocycles. The highest BCUT2D eigenvalue weighted by Gasteiger charge is 2.67. The quantitative estimate of drug-likeness (QED) is 0.646. The number of halogens is 2. The molecule has 0 heterocycles. The van der Waals surface area contributed by atoms with Crippen LogP contribution < -0.4 is 11.3 Å². The van der Waals surface area contributed by atoms with Crippen LogP contribution in [0.3, 0.4) is 0 Å². The molecule has 2 rings (SSSR count). The molecule has 2 nitrogen and oxygen atoms in total. The summed E-state index contributed by atoms with van der Waals surface area (Å²) in [5.74, 6) is 6.19. The summed E-state index contributed by atoms with van der Waals surface area (Å²) in [7, 11) is 0. The fourth-order valence-corrected chi connectivity index (χ4v) is 3.63. The lowest BCUT2D eigenvalue weighted by Crippen LogP contribution is -2.31. The lowest BCUT2D eigenvalue weighted by atomic mass is 9.97. The molecule has 1 aliphatic carbocycles. The van der Waals surface area contributed by atoms with Gasteiger partial charge < -0.3 is 0 Å². The van der Waals surface area contributed by atoms with Gasteiger partial charge in [-0.3, -0.25) is 11.3 Å². The van der Waals surface area contributed by atoms with Crippen molar-refractivity contribution in [1.29, 1.82) is 0 Å². The highest BCUT2D eigenvalue weighted by Crippen LogP contribution is 2.72. The topological polar surface area (TPSA) is 38.0 Å². The minimum Gasteiger partial charge on any atom is -0.271 e. The smallest absolute Gasteiger partial charge is 0.0640 e. The standard InChI is InChI=1S/C14H20Cl2N2/c1-13(2)12(14(13,3)4)11(18-17)8-6-5-7-9(15)10(8)16/h5-7,11-12,18H,17H2,1-4H3. The zero-order valence-electron chi connectivity index (χ0n) is 11.2. The van der Waals surface area contributed by atoms with Gasteiger partial charge in [0.25, 0.3) is 0 Å². The number of rotatable bonds is 3. The fourth-order valence-electron chi connectivity index (χ4n) is 3.21. The van der Waals surface area contributed by atoms with E-state index in [0.29, 0.717) is 16.0 Å². The van der Waals surface area contributed by atoms with Gasteiger partial charge in [0.1, 0.15) is 0 Å². The molecule has 3 N–H and O–H groups in total. The number of nitrogens with one attached hydrogen (secondary N) is 1. The summed E-state index contributed by atoms with van der Waals surface area (Å²) in [5, 5.41) is 1.17. The van der Waals surface area contributed by atoms with Gasteiger partial charge >= 0.3 is 0 Å². The number of benzene rings is 1. The van der Waals surface area contributed by atoms with Crippen molar-refractivity contribution in [2.24, 2.45) is 22.6 Å². The SMILES string of the molecule is CC1(C)C(C(NN)c2cccc(Cl)c2Cl)C1(C)C. The first kappa shape index (κ1) is 14.1. The van der Waals surface area contributed by atoms with Crippen molar-refractivity contribution in [2.75, 3.05) is 0 Å². The van der Waals surface area contributed by atoms with Crippen LogP contribution in [0.15, 0.2) is 18.2 Å². The zero-order valence-corrected chi connectivity index (χ0v) is 12.7. The van der Waals surface area contributed by atoms with E-state index in [4.69, 9.17) is 29.0 Å². The first-order valence-corrected chi connectivity index (χ1v) is 6.90. The van der Waals surface area contributed by atoms with E-state index in [9.17, 15) is 0 Å². The molecule has 1 saturated carbocycles. The molecule has 1 fully saturated rings. The van der Waals surface area contributed by atoms with Gasteiger partial charge in [-0.25, -0.2) is 0 Å². The second kappa shape index (κ2) is 4.38. The van der Waals surface area contributed by atoms with E-state index in [-0.39, 0.29) is 16.9 Å². The maximum atomic E-state index is 6.30. The van der Waals surface area contributed by atoms with Gasteiger partial charge in [0.15, 0.2) is 0 Å². The molecule has 18 heavy (non-hydrogen) atoms. The van der Waals surface area contributed by atoms with Crippen molar-refractivity contribution < 1.29 is 0 Å². The number of hydrogen-bond donors (Lipinski definition) is 2. The van der Waals surface area contributed by atoms with Crippen molar-refractivity contribution in [3.05, 3.63) is 33.8 Å². The molecule has 0 spiro atoms. The molecule has 100 valence electrons. The Balaban J connectivity index is 2.40. The van der Waals surface area contributed by atoms with E-state index in [1.165, 1.54) is 0 Å². The van der Waals surface area contributed by atoms with Crippen molar-refractivity contribution in [3.63, 3.8) is 0 Å². The third-order valence-corrected chi connectivity index (χ3v) is 5.80. The van der Waals surface area contributed by atoms with E-state index < -0.39 is 0 Å². The highest BCUT2D eigenvalue weighted by molar-refractivity contribution is 6.42. The normalized spacial score (nSPS) is 22.8. The van der Waals surface area contributed by atoms with Crippen molar-refractivity contribution in [3.8, 4) is 0 Å². The maximum Gasteiger partial charge on any atom is 0.0640 e. The Hall–Kier alpha value is -0.280. The Labute approximate surface area is 119 Å². The zero-order chi connectivity index (χ0) is 13.7. The predicted octanol–water partition coefficient (Wildman–Crippen LogP) is 4.18. The minimum atomic E-state index is 0.0289. The fraction of sp³-hybridized carbons (Fsp3) is 0.571. The van der Waals surface area contributed by atoms with Gasteiger partial charge in [-0.2, -0.15) is 0 Å². The molecular formula is C14H20Cl2N2. The molecule has 1 unspecified atom stereocenters. The number of nitrogens with two attached hydrogens (primary N) is 1. The molecule has 1 aromatic rings. The second-order valence-corrected chi connectivity index (χ2v) is 6.99. The lowest BCUT2D eigenvalue weighted by Gasteiger charge is -2.20. The van der Waals surface area contributed by atoms with Crippen LogP contribution in [0.4, 0.5) is 0 Å². The summed E-state index contributed by atoms with van der Waals surface area (Å²) >= 11 is 12.4. The van der Waals surface area contributed by atoms with Crippen LogP contribution in [0.5, 0.6) is 0 Å². The largest absolute Gasteiger partial charge is 0.271 e. The lowest BCUT2D eigenvalue weighted by molar-refractivity contribution is 0.418. The maximum absolute atomic E-state index is 6.30. The molecule has 1 atom stereocenters. The Morgan fingerprint density at radius 2 is 1.72 bits per heavy atom. The van der Waals surface area contributed by atoms with Crippen LogP contribution in [0.2, 0.25) is 10.0 Å². The molecule has 0 radical (unpaired) electrons. The third kappa shape index (κ3) is 1.87. The van der Waals surface area contributed by atoms with Crippen molar-refractivity contribution in [2.45, 2.75) is 33.7 Å². The molecule has 0 saturated heterocycles. The van der Waals surface area contributed by atoms with E-state index in [1.807, 2.05) is 12.1 Å². The summed E-state index contributed by atoms with van der Waals surface area (Å²) in [6.45, 7) is 9.06. The Morgan fingerprint density at radius 1 is 1.17 bits per heavy atom. The third-order valence-electron chi connectivity index (χ3n) is 4.96. The Morgan fingerprint density at radius 3 is 2.17 bits per heavy atom. The number of hydrazine groups is 1. The molecule has 0 amide bonds. The van der Waals surface area contributed by atoms with Gasteiger partial charge in [0.2, 0.25) is 0 Å². The molecular weight excluding hydrogens is 267 g/mol. The Kier molecular flexibility index (Phi) is 3.44. The molecule has 1 aliphatic rings. The molecule has 0 bridgehead atoms. The van der Waals surface area contributed by atoms with Gasteiger partial charge in [-0.15, -0.1) is 0 Å². The van der Waals surface area contributed by atoms with Gasteiger partial charge in [0.05, 0.1) is 16.1 Å². The molecule has 0 aliphatic heterocycles. The van der Waals surface area contributed by atoms with E-state index in [0.717, 1.165) is 5.56 Å². The van der Waals surface area contributed by atoms with Crippen LogP contribution in [-0.2, 0) is 0 Å². The van der Waals surface area contributed by atoms with Crippen LogP contribution in [0, 0.1) is 16.7 Å². The van der Waals surface area contributed by atoms with E-state index in [1.54, 1.807) is 6.07 Å². The summed E-state index contributed by atoms with van der Waals surface area (Å²) in [5.41, 5.74) is 4.36. The summed E-state index contributed by atoms with van der Waals surface area (Å²) < 4.78 is 0. The first-order valence-electron chi connectivity index (χ1n) is 6.15. The van der Waals surface area contributed by atoms with Gasteiger partial charge in [0, 0.05) is 0 Å². The molecule has 1 aromatic carbocycles. The molecule has 4 heteroatoms. The van der Waals surface area contributed by atoms with Gasteiger partial charge in [-0.1, -0.05) is 63.0 Å². The predicted molar refractivity (Wildman–Crippen MR) is 77.6 cm³/mol. The van der Waals surface area contributed by atoms with Gasteiger partial charge in [-0.05, 0) is 28.4 Å². The monoisotopic (exact) mass is 286 g/mol. The summed E-state index contributed by atoms with van der Waals surface area (Å²) in [6.07, 6.45) is 0. The van der Waals surface area contributed by atoms with Crippen molar-refractivity contribution >= 4 is 23.2 Å². The summed E-state index contributed by atoms with van der Waals surface area (Å²) in [6, 6.07) is 5.73.